The summed E-state index contributed by atoms with van der Waals surface area (Å²) in [6, 6.07) is 10.6. The Morgan fingerprint density at radius 3 is 2.61 bits per heavy atom. The van der Waals surface area contributed by atoms with Crippen molar-refractivity contribution in [2.75, 3.05) is 5.32 Å². The van der Waals surface area contributed by atoms with Gasteiger partial charge in [-0.3, -0.25) is 4.79 Å². The van der Waals surface area contributed by atoms with Crippen LogP contribution in [0.25, 0.3) is 5.69 Å². The molecule has 0 fully saturated rings. The number of hydrogen-bond donors (Lipinski definition) is 1. The first-order valence-electron chi connectivity index (χ1n) is 9.78. The number of ketones is 1. The molecule has 28 heavy (non-hydrogen) atoms. The Kier molecular flexibility index (Phi) is 4.02. The molecule has 1 aliphatic heterocycles. The fraction of sp³-hybridized carbons (Fsp3) is 0.304. The molecule has 0 radical (unpaired) electrons. The minimum absolute atomic E-state index is 0.0155. The first-order valence-corrected chi connectivity index (χ1v) is 10.7. The van der Waals surface area contributed by atoms with Crippen LogP contribution in [0.5, 0.6) is 0 Å². The normalized spacial score (nSPS) is 18.7. The van der Waals surface area contributed by atoms with Gasteiger partial charge in [0.1, 0.15) is 5.82 Å². The number of allylic oxidation sites excluding steroid dienone is 2. The third-order valence-corrected chi connectivity index (χ3v) is 6.94. The molecule has 3 aromatic rings. The third kappa shape index (κ3) is 2.57. The number of thiophene rings is 1. The van der Waals surface area contributed by atoms with Crippen molar-refractivity contribution in [1.82, 2.24) is 9.78 Å². The second-order valence-corrected chi connectivity index (χ2v) is 8.74. The van der Waals surface area contributed by atoms with Crippen molar-refractivity contribution < 1.29 is 4.79 Å². The van der Waals surface area contributed by atoms with Gasteiger partial charge in [0, 0.05) is 28.1 Å². The molecule has 5 rings (SSSR count). The molecule has 1 aromatic carbocycles. The van der Waals surface area contributed by atoms with Gasteiger partial charge in [0.25, 0.3) is 0 Å². The summed E-state index contributed by atoms with van der Waals surface area (Å²) in [7, 11) is 0. The smallest absolute Gasteiger partial charge is 0.161 e. The number of nitrogens with zero attached hydrogens (tertiary/aromatic N) is 2. The monoisotopic (exact) mass is 389 g/mol. The molecule has 1 aliphatic carbocycles. The van der Waals surface area contributed by atoms with Crippen LogP contribution >= 0.6 is 11.3 Å². The first-order chi connectivity index (χ1) is 13.5. The van der Waals surface area contributed by atoms with Crippen LogP contribution in [0.3, 0.4) is 0 Å². The van der Waals surface area contributed by atoms with Crippen molar-refractivity contribution in [3.8, 4) is 5.69 Å². The predicted molar refractivity (Wildman–Crippen MR) is 113 cm³/mol. The zero-order valence-corrected chi connectivity index (χ0v) is 17.2. The van der Waals surface area contributed by atoms with Crippen LogP contribution in [0.1, 0.15) is 52.4 Å². The highest BCUT2D eigenvalue weighted by atomic mass is 32.1. The predicted octanol–water partition coefficient (Wildman–Crippen LogP) is 5.42. The van der Waals surface area contributed by atoms with Gasteiger partial charge in [-0.1, -0.05) is 17.7 Å². The maximum atomic E-state index is 13.0. The summed E-state index contributed by atoms with van der Waals surface area (Å²) in [6.07, 6.45) is 2.47. The molecule has 3 heterocycles. The molecule has 2 aliphatic rings. The highest BCUT2D eigenvalue weighted by Crippen LogP contribution is 2.49. The van der Waals surface area contributed by atoms with E-state index in [9.17, 15) is 4.79 Å². The highest BCUT2D eigenvalue weighted by molar-refractivity contribution is 7.10. The minimum Gasteiger partial charge on any atom is -0.343 e. The van der Waals surface area contributed by atoms with Crippen LogP contribution in [0, 0.1) is 20.8 Å². The number of fused-ring (bicyclic) bond motifs is 1. The molecule has 0 saturated heterocycles. The SMILES string of the molecule is Cc1ccc(-n2nc(C)c3c2NC2=C(C(=O)CCC2)C3c2sccc2C)cc1. The zero-order valence-electron chi connectivity index (χ0n) is 16.4. The molecule has 0 amide bonds. The maximum Gasteiger partial charge on any atom is 0.161 e. The van der Waals surface area contributed by atoms with E-state index in [1.165, 1.54) is 16.0 Å². The lowest BCUT2D eigenvalue weighted by atomic mass is 9.78. The lowest BCUT2D eigenvalue weighted by molar-refractivity contribution is -0.116. The van der Waals surface area contributed by atoms with E-state index in [-0.39, 0.29) is 11.7 Å². The van der Waals surface area contributed by atoms with Crippen molar-refractivity contribution in [3.05, 3.63) is 74.2 Å². The number of hydrogen-bond acceptors (Lipinski definition) is 4. The average Bonchev–Trinajstić information content (AvgIpc) is 3.25. The van der Waals surface area contributed by atoms with E-state index in [0.717, 1.165) is 46.9 Å². The van der Waals surface area contributed by atoms with E-state index in [2.05, 4.69) is 61.8 Å². The van der Waals surface area contributed by atoms with Crippen molar-refractivity contribution in [2.45, 2.75) is 46.0 Å². The second kappa shape index (κ2) is 6.45. The Morgan fingerprint density at radius 1 is 1.11 bits per heavy atom. The fourth-order valence-corrected chi connectivity index (χ4v) is 5.48. The van der Waals surface area contributed by atoms with E-state index >= 15 is 0 Å². The van der Waals surface area contributed by atoms with Crippen LogP contribution in [0.4, 0.5) is 5.82 Å². The van der Waals surface area contributed by atoms with Crippen molar-refractivity contribution in [2.24, 2.45) is 0 Å². The zero-order chi connectivity index (χ0) is 19.4. The molecule has 5 heteroatoms. The van der Waals surface area contributed by atoms with E-state index in [1.807, 2.05) is 4.68 Å². The molecular weight excluding hydrogens is 366 g/mol. The number of Topliss-reactive ketones (excluding diaryl/α,β-unsaturated/α-hetero) is 1. The number of rotatable bonds is 2. The van der Waals surface area contributed by atoms with Gasteiger partial charge in [-0.15, -0.1) is 11.3 Å². The van der Waals surface area contributed by atoms with E-state index in [4.69, 9.17) is 5.10 Å². The first kappa shape index (κ1) is 17.4. The Morgan fingerprint density at radius 2 is 1.89 bits per heavy atom. The standard InChI is InChI=1S/C23H23N3OS/c1-13-7-9-16(10-8-13)26-23-19(15(3)25-26)21(22-14(2)11-12-28-22)20-17(24-23)5-4-6-18(20)27/h7-12,21,24H,4-6H2,1-3H3. The van der Waals surface area contributed by atoms with Gasteiger partial charge in [-0.05, 0) is 62.8 Å². The molecule has 1 atom stereocenters. The van der Waals surface area contributed by atoms with Crippen LogP contribution < -0.4 is 5.32 Å². The molecular formula is C23H23N3OS. The number of benzene rings is 1. The number of aryl methyl sites for hydroxylation is 3. The van der Waals surface area contributed by atoms with Gasteiger partial charge >= 0.3 is 0 Å². The van der Waals surface area contributed by atoms with Crippen LogP contribution in [-0.2, 0) is 4.79 Å². The molecule has 4 nitrogen and oxygen atoms in total. The average molecular weight is 390 g/mol. The largest absolute Gasteiger partial charge is 0.343 e. The maximum absolute atomic E-state index is 13.0. The topological polar surface area (TPSA) is 46.9 Å². The summed E-state index contributed by atoms with van der Waals surface area (Å²) < 4.78 is 2.00. The molecule has 0 bridgehead atoms. The number of carbonyl (C=O) groups is 1. The van der Waals surface area contributed by atoms with Crippen molar-refractivity contribution in [3.63, 3.8) is 0 Å². The quantitative estimate of drug-likeness (QED) is 0.636. The van der Waals surface area contributed by atoms with Gasteiger partial charge in [0.15, 0.2) is 5.78 Å². The van der Waals surface area contributed by atoms with E-state index in [0.29, 0.717) is 6.42 Å². The van der Waals surface area contributed by atoms with Crippen molar-refractivity contribution >= 4 is 22.9 Å². The fourth-order valence-electron chi connectivity index (χ4n) is 4.44. The van der Waals surface area contributed by atoms with E-state index in [1.54, 1.807) is 11.3 Å². The summed E-state index contributed by atoms with van der Waals surface area (Å²) in [4.78, 5) is 14.2. The van der Waals surface area contributed by atoms with Crippen LogP contribution in [0.15, 0.2) is 47.0 Å². The second-order valence-electron chi connectivity index (χ2n) is 7.79. The minimum atomic E-state index is -0.0155. The number of nitrogens with one attached hydrogen (secondary N) is 1. The Bertz CT molecular complexity index is 1120. The van der Waals surface area contributed by atoms with Gasteiger partial charge in [0.05, 0.1) is 17.3 Å². The van der Waals surface area contributed by atoms with Crippen LogP contribution in [0.2, 0.25) is 0 Å². The summed E-state index contributed by atoms with van der Waals surface area (Å²) in [5, 5.41) is 10.6. The lowest BCUT2D eigenvalue weighted by Crippen LogP contribution is -2.27. The summed E-state index contributed by atoms with van der Waals surface area (Å²) in [6.45, 7) is 6.28. The molecule has 2 aromatic heterocycles. The van der Waals surface area contributed by atoms with Crippen molar-refractivity contribution in [1.29, 1.82) is 0 Å². The Hall–Kier alpha value is -2.66. The Labute approximate surface area is 168 Å². The van der Waals surface area contributed by atoms with Gasteiger partial charge in [-0.25, -0.2) is 4.68 Å². The third-order valence-electron chi connectivity index (χ3n) is 5.85. The summed E-state index contributed by atoms with van der Waals surface area (Å²) in [5.74, 6) is 1.27. The van der Waals surface area contributed by atoms with Crippen LogP contribution in [-0.4, -0.2) is 15.6 Å². The highest BCUT2D eigenvalue weighted by Gasteiger charge is 2.39. The summed E-state index contributed by atoms with van der Waals surface area (Å²) >= 11 is 1.74. The number of aromatic nitrogens is 2. The molecule has 1 unspecified atom stereocenters. The van der Waals surface area contributed by atoms with E-state index < -0.39 is 0 Å². The van der Waals surface area contributed by atoms with Gasteiger partial charge in [0.2, 0.25) is 0 Å². The van der Waals surface area contributed by atoms with Gasteiger partial charge < -0.3 is 5.32 Å². The molecule has 142 valence electrons. The lowest BCUT2D eigenvalue weighted by Gasteiger charge is -2.32. The molecule has 1 N–H and O–H groups in total. The molecule has 0 spiro atoms. The number of anilines is 1. The van der Waals surface area contributed by atoms with Gasteiger partial charge in [-0.2, -0.15) is 5.10 Å². The molecule has 0 saturated carbocycles. The summed E-state index contributed by atoms with van der Waals surface area (Å²) in [5.41, 5.74) is 7.66. The Balaban J connectivity index is 1.76. The number of carbonyl (C=O) groups excluding carboxylic acids is 1.